The molecule has 8 nitrogen and oxygen atoms in total. The molecule has 0 aliphatic heterocycles. The van der Waals surface area contributed by atoms with Crippen LogP contribution in [0.4, 0.5) is 4.39 Å². The first-order valence-electron chi connectivity index (χ1n) is 10.0. The van der Waals surface area contributed by atoms with Gasteiger partial charge in [-0.1, -0.05) is 6.07 Å². The van der Waals surface area contributed by atoms with Crippen LogP contribution in [-0.4, -0.2) is 38.8 Å². The summed E-state index contributed by atoms with van der Waals surface area (Å²) in [6, 6.07) is 7.47. The van der Waals surface area contributed by atoms with Crippen molar-refractivity contribution in [3.8, 4) is 29.2 Å². The molecule has 0 radical (unpaired) electrons. The van der Waals surface area contributed by atoms with E-state index in [1.165, 1.54) is 20.3 Å². The molecule has 1 fully saturated rings. The van der Waals surface area contributed by atoms with Crippen molar-refractivity contribution in [3.05, 3.63) is 64.9 Å². The number of nitrogens with zero attached hydrogens (tertiary/aromatic N) is 6. The lowest BCUT2D eigenvalue weighted by Gasteiger charge is -2.11. The maximum Gasteiger partial charge on any atom is 0.319 e. The SMILES string of the molecule is COc1ncc(-c2cc([C@H]3C[C@@H]3c3cc(C)c(C#N)c(F)c3)c3nccn3n2)c(OC)n1. The lowest BCUT2D eigenvalue weighted by atomic mass is 9.99. The maximum atomic E-state index is 14.4. The van der Waals surface area contributed by atoms with Gasteiger partial charge in [-0.3, -0.25) is 0 Å². The third kappa shape index (κ3) is 3.21. The van der Waals surface area contributed by atoms with E-state index in [2.05, 4.69) is 20.1 Å². The molecule has 3 aromatic heterocycles. The molecule has 160 valence electrons. The molecular formula is C23H19FN6O2. The third-order valence-corrected chi connectivity index (χ3v) is 5.81. The number of aryl methyl sites for hydroxylation is 1. The standard InChI is InChI=1S/C23H19FN6O2/c1-12-6-13(7-19(24)17(12)10-25)14-8-15(14)16-9-20(29-30-5-4-26-21(16)30)18-11-27-23(32-3)28-22(18)31-2/h4-7,9,11,14-15H,8H2,1-3H3/t14-,15+/m1/s1. The van der Waals surface area contributed by atoms with E-state index in [1.54, 1.807) is 30.0 Å². The van der Waals surface area contributed by atoms with E-state index in [9.17, 15) is 4.39 Å². The van der Waals surface area contributed by atoms with E-state index in [0.717, 1.165) is 23.2 Å². The summed E-state index contributed by atoms with van der Waals surface area (Å²) in [5, 5.41) is 13.8. The van der Waals surface area contributed by atoms with Crippen molar-refractivity contribution >= 4 is 5.65 Å². The van der Waals surface area contributed by atoms with Crippen LogP contribution in [0.25, 0.3) is 16.9 Å². The number of hydrogen-bond donors (Lipinski definition) is 0. The summed E-state index contributed by atoms with van der Waals surface area (Å²) in [6.45, 7) is 1.76. The van der Waals surface area contributed by atoms with Crippen molar-refractivity contribution in [1.82, 2.24) is 24.6 Å². The Balaban J connectivity index is 1.57. The fourth-order valence-electron chi connectivity index (χ4n) is 4.16. The van der Waals surface area contributed by atoms with Gasteiger partial charge in [0.1, 0.15) is 11.9 Å². The molecule has 0 amide bonds. The first-order valence-corrected chi connectivity index (χ1v) is 10.0. The zero-order valence-corrected chi connectivity index (χ0v) is 17.7. The lowest BCUT2D eigenvalue weighted by molar-refractivity contribution is 0.353. The molecule has 0 saturated heterocycles. The highest BCUT2D eigenvalue weighted by Gasteiger charge is 2.42. The predicted molar refractivity (Wildman–Crippen MR) is 113 cm³/mol. The van der Waals surface area contributed by atoms with E-state index >= 15 is 0 Å². The Morgan fingerprint density at radius 2 is 2.00 bits per heavy atom. The molecular weight excluding hydrogens is 411 g/mol. The van der Waals surface area contributed by atoms with Crippen LogP contribution in [0, 0.1) is 24.1 Å². The molecule has 9 heteroatoms. The van der Waals surface area contributed by atoms with Crippen LogP contribution in [-0.2, 0) is 0 Å². The Morgan fingerprint density at radius 3 is 2.72 bits per heavy atom. The van der Waals surface area contributed by atoms with Crippen LogP contribution in [0.3, 0.4) is 0 Å². The Kier molecular flexibility index (Phi) is 4.70. The molecule has 1 saturated carbocycles. The van der Waals surface area contributed by atoms with Gasteiger partial charge in [0.25, 0.3) is 0 Å². The van der Waals surface area contributed by atoms with E-state index in [4.69, 9.17) is 14.7 Å². The van der Waals surface area contributed by atoms with Gasteiger partial charge in [0, 0.05) is 24.2 Å². The van der Waals surface area contributed by atoms with Crippen molar-refractivity contribution < 1.29 is 13.9 Å². The van der Waals surface area contributed by atoms with Crippen LogP contribution in [0.15, 0.2) is 36.8 Å². The van der Waals surface area contributed by atoms with Gasteiger partial charge in [-0.2, -0.15) is 15.3 Å². The average Bonchev–Trinajstić information content (AvgIpc) is 3.46. The van der Waals surface area contributed by atoms with Gasteiger partial charge in [-0.05, 0) is 48.4 Å². The van der Waals surface area contributed by atoms with E-state index in [0.29, 0.717) is 22.7 Å². The zero-order valence-electron chi connectivity index (χ0n) is 17.7. The molecule has 32 heavy (non-hydrogen) atoms. The van der Waals surface area contributed by atoms with Gasteiger partial charge in [0.15, 0.2) is 5.65 Å². The van der Waals surface area contributed by atoms with Crippen LogP contribution >= 0.6 is 0 Å². The number of aromatic nitrogens is 5. The lowest BCUT2D eigenvalue weighted by Crippen LogP contribution is -2.02. The van der Waals surface area contributed by atoms with Crippen LogP contribution in [0.1, 0.15) is 40.5 Å². The van der Waals surface area contributed by atoms with E-state index in [1.807, 2.05) is 18.2 Å². The molecule has 4 aromatic rings. The summed E-state index contributed by atoms with van der Waals surface area (Å²) in [5.74, 6) is 0.167. The van der Waals surface area contributed by atoms with Crippen molar-refractivity contribution in [1.29, 1.82) is 5.26 Å². The first-order chi connectivity index (χ1) is 15.5. The third-order valence-electron chi connectivity index (χ3n) is 5.81. The number of rotatable bonds is 5. The number of methoxy groups -OCH3 is 2. The molecule has 1 aromatic carbocycles. The first kappa shape index (κ1) is 19.9. The molecule has 0 bridgehead atoms. The monoisotopic (exact) mass is 430 g/mol. The molecule has 1 aliphatic rings. The predicted octanol–water partition coefficient (Wildman–Crippen LogP) is 3.79. The number of halogens is 1. The van der Waals surface area contributed by atoms with Crippen LogP contribution in [0.2, 0.25) is 0 Å². The van der Waals surface area contributed by atoms with Gasteiger partial charge in [-0.15, -0.1) is 0 Å². The average molecular weight is 430 g/mol. The fraction of sp³-hybridized carbons (Fsp3) is 0.261. The fourth-order valence-corrected chi connectivity index (χ4v) is 4.16. The van der Waals surface area contributed by atoms with Crippen LogP contribution < -0.4 is 9.47 Å². The van der Waals surface area contributed by atoms with Crippen molar-refractivity contribution in [2.24, 2.45) is 0 Å². The number of hydrogen-bond acceptors (Lipinski definition) is 7. The largest absolute Gasteiger partial charge is 0.480 e. The Labute approximate surface area is 183 Å². The van der Waals surface area contributed by atoms with Crippen molar-refractivity contribution in [3.63, 3.8) is 0 Å². The minimum atomic E-state index is -0.477. The topological polar surface area (TPSA) is 98.2 Å². The van der Waals surface area contributed by atoms with Gasteiger partial charge >= 0.3 is 6.01 Å². The molecule has 0 N–H and O–H groups in total. The number of fused-ring (bicyclic) bond motifs is 1. The number of ether oxygens (including phenoxy) is 2. The summed E-state index contributed by atoms with van der Waals surface area (Å²) < 4.78 is 26.6. The highest BCUT2D eigenvalue weighted by molar-refractivity contribution is 5.68. The molecule has 2 atom stereocenters. The molecule has 5 rings (SSSR count). The second-order valence-electron chi connectivity index (χ2n) is 7.72. The number of nitriles is 1. The minimum absolute atomic E-state index is 0.0967. The Hall–Kier alpha value is -4.06. The Bertz CT molecular complexity index is 1370. The van der Waals surface area contributed by atoms with Gasteiger partial charge in [0.2, 0.25) is 5.88 Å². The summed E-state index contributed by atoms with van der Waals surface area (Å²) in [7, 11) is 3.02. The summed E-state index contributed by atoms with van der Waals surface area (Å²) in [5.41, 5.74) is 4.65. The second kappa shape index (κ2) is 7.57. The Morgan fingerprint density at radius 1 is 1.16 bits per heavy atom. The second-order valence-corrected chi connectivity index (χ2v) is 7.72. The molecule has 0 spiro atoms. The molecule has 1 aliphatic carbocycles. The molecule has 0 unspecified atom stereocenters. The maximum absolute atomic E-state index is 14.4. The molecule has 3 heterocycles. The van der Waals surface area contributed by atoms with Crippen molar-refractivity contribution in [2.75, 3.05) is 14.2 Å². The van der Waals surface area contributed by atoms with Gasteiger partial charge < -0.3 is 9.47 Å². The van der Waals surface area contributed by atoms with Gasteiger partial charge in [-0.25, -0.2) is 18.9 Å². The zero-order chi connectivity index (χ0) is 22.4. The number of imidazole rings is 1. The number of benzene rings is 1. The van der Waals surface area contributed by atoms with E-state index in [-0.39, 0.29) is 23.4 Å². The highest BCUT2D eigenvalue weighted by Crippen LogP contribution is 2.56. The normalized spacial score (nSPS) is 17.2. The quantitative estimate of drug-likeness (QED) is 0.475. The smallest absolute Gasteiger partial charge is 0.319 e. The van der Waals surface area contributed by atoms with Crippen LogP contribution in [0.5, 0.6) is 11.9 Å². The highest BCUT2D eigenvalue weighted by atomic mass is 19.1. The minimum Gasteiger partial charge on any atom is -0.480 e. The van der Waals surface area contributed by atoms with E-state index < -0.39 is 5.82 Å². The van der Waals surface area contributed by atoms with Crippen molar-refractivity contribution in [2.45, 2.75) is 25.2 Å². The summed E-state index contributed by atoms with van der Waals surface area (Å²) in [6.07, 6.45) is 5.94. The summed E-state index contributed by atoms with van der Waals surface area (Å²) >= 11 is 0. The summed E-state index contributed by atoms with van der Waals surface area (Å²) in [4.78, 5) is 12.9. The van der Waals surface area contributed by atoms with Gasteiger partial charge in [0.05, 0.1) is 31.0 Å².